The molecule has 1 N–H and O–H groups in total. The second-order valence-corrected chi connectivity index (χ2v) is 4.73. The predicted octanol–water partition coefficient (Wildman–Crippen LogP) is 1.09. The Morgan fingerprint density at radius 1 is 1.50 bits per heavy atom. The Bertz CT molecular complexity index is 72.8. The molecular weight excluding hydrogens is 220 g/mol. The van der Waals surface area contributed by atoms with E-state index in [2.05, 4.69) is 6.92 Å². The molecule has 2 nitrogen and oxygen atoms in total. The molecule has 0 spiro atoms. The number of unbranched alkanes of at least 4 members (excludes halogenated alkanes) is 2. The average molecular weight is 232 g/mol. The number of hydrogen-bond acceptors (Lipinski definition) is 1. The Morgan fingerprint density at radius 3 is 2.50 bits per heavy atom. The molecule has 0 aliphatic heterocycles. The Morgan fingerprint density at radius 2 is 2.12 bits per heavy atom. The molecule has 0 aromatic carbocycles. The second kappa shape index (κ2) is 5.68. The number of hydrogen-bond donors (Lipinski definition) is 1. The summed E-state index contributed by atoms with van der Waals surface area (Å²) in [6.45, 7) is 2.09. The molecule has 0 rings (SSSR count). The second-order valence-electron chi connectivity index (χ2n) is 1.73. The molecule has 8 heavy (non-hydrogen) atoms. The van der Waals surface area contributed by atoms with Crippen molar-refractivity contribution in [3.8, 4) is 0 Å². The van der Waals surface area contributed by atoms with Crippen LogP contribution in [0.2, 0.25) is 4.47 Å². The molecule has 0 bridgehead atoms. The fourth-order valence-electron chi connectivity index (χ4n) is 0.476. The molecule has 0 saturated carbocycles. The fraction of sp³-hybridized carbons (Fsp3) is 1.00. The average Bonchev–Trinajstić information content (AvgIpc) is 1.66. The van der Waals surface area contributed by atoms with Crippen molar-refractivity contribution >= 4 is 19.9 Å². The quantitative estimate of drug-likeness (QED) is 0.581. The van der Waals surface area contributed by atoms with Crippen molar-refractivity contribution < 1.29 is 6.58 Å². The maximum absolute atomic E-state index is 10.1. The first-order valence-electron chi connectivity index (χ1n) is 2.85. The minimum absolute atomic E-state index is 0.581. The summed E-state index contributed by atoms with van der Waals surface area (Å²) in [6.07, 6.45) is 3.17. The summed E-state index contributed by atoms with van der Waals surface area (Å²) in [5.74, 6) is 0. The van der Waals surface area contributed by atoms with Crippen molar-refractivity contribution in [1.82, 2.24) is 0 Å². The van der Waals surface area contributed by atoms with Gasteiger partial charge >= 0.3 is 57.2 Å². The monoisotopic (exact) mass is 234 g/mol. The van der Waals surface area contributed by atoms with E-state index in [0.717, 1.165) is 19.3 Å². The van der Waals surface area contributed by atoms with Crippen molar-refractivity contribution in [3.63, 3.8) is 0 Å². The van der Waals surface area contributed by atoms with Crippen molar-refractivity contribution in [3.05, 3.63) is 0 Å². The van der Waals surface area contributed by atoms with Crippen LogP contribution in [0, 0.1) is 0 Å². The molecule has 50 valence electrons. The third kappa shape index (κ3) is 6.55. The third-order valence-corrected chi connectivity index (χ3v) is 2.74. The van der Waals surface area contributed by atoms with E-state index < -0.39 is 19.9 Å². The summed E-state index contributed by atoms with van der Waals surface area (Å²) >= 11 is -2.70. The summed E-state index contributed by atoms with van der Waals surface area (Å²) in [7, 11) is 0. The van der Waals surface area contributed by atoms with Crippen molar-refractivity contribution in [2.24, 2.45) is 0 Å². The summed E-state index contributed by atoms with van der Waals surface area (Å²) in [5.41, 5.74) is 0. The Balaban J connectivity index is 2.82. The Labute approximate surface area is 57.5 Å². The van der Waals surface area contributed by atoms with Crippen LogP contribution >= 0.6 is 0 Å². The molecule has 0 unspecified atom stereocenters. The van der Waals surface area contributed by atoms with Crippen molar-refractivity contribution in [2.75, 3.05) is 0 Å². The molecule has 0 saturated heterocycles. The normalized spacial score (nSPS) is 10.4. The first-order valence-corrected chi connectivity index (χ1v) is 6.49. The van der Waals surface area contributed by atoms with Gasteiger partial charge in [-0.2, -0.15) is 0 Å². The van der Waals surface area contributed by atoms with Crippen LogP contribution in [-0.2, 0) is 3.10 Å². The first-order chi connectivity index (χ1) is 3.77. The van der Waals surface area contributed by atoms with Crippen LogP contribution in [0.5, 0.6) is 0 Å². The van der Waals surface area contributed by atoms with E-state index in [1.807, 2.05) is 0 Å². The van der Waals surface area contributed by atoms with Crippen LogP contribution in [0.4, 0.5) is 0 Å². The zero-order valence-corrected chi connectivity index (χ0v) is 7.42. The van der Waals surface area contributed by atoms with E-state index in [0.29, 0.717) is 4.47 Å². The van der Waals surface area contributed by atoms with Crippen molar-refractivity contribution in [1.29, 1.82) is 0 Å². The van der Waals surface area contributed by atoms with E-state index in [1.165, 1.54) is 0 Å². The van der Waals surface area contributed by atoms with Gasteiger partial charge in [0.1, 0.15) is 0 Å². The first kappa shape index (κ1) is 8.55. The van der Waals surface area contributed by atoms with Gasteiger partial charge in [0.25, 0.3) is 0 Å². The van der Waals surface area contributed by atoms with E-state index >= 15 is 0 Å². The van der Waals surface area contributed by atoms with Gasteiger partial charge in [-0.05, 0) is 0 Å². The van der Waals surface area contributed by atoms with E-state index in [4.69, 9.17) is 3.47 Å². The molecule has 0 aromatic rings. The molecule has 0 fully saturated rings. The summed E-state index contributed by atoms with van der Waals surface area (Å²) < 4.78 is 19.1. The molecule has 0 aliphatic carbocycles. The van der Waals surface area contributed by atoms with Crippen molar-refractivity contribution in [2.45, 2.75) is 30.7 Å². The van der Waals surface area contributed by atoms with Crippen LogP contribution < -0.4 is 0 Å². The summed E-state index contributed by atoms with van der Waals surface area (Å²) in [6, 6.07) is 0. The summed E-state index contributed by atoms with van der Waals surface area (Å²) in [4.78, 5) is 0. The molecule has 3 heteroatoms. The van der Waals surface area contributed by atoms with Gasteiger partial charge in [0.2, 0.25) is 0 Å². The van der Waals surface area contributed by atoms with Gasteiger partial charge < -0.3 is 0 Å². The molecular formula is C5H12O2Te. The molecule has 0 atom stereocenters. The van der Waals surface area contributed by atoms with E-state index in [9.17, 15) is 3.10 Å². The fourth-order valence-corrected chi connectivity index (χ4v) is 1.76. The van der Waals surface area contributed by atoms with Crippen LogP contribution in [0.3, 0.4) is 0 Å². The van der Waals surface area contributed by atoms with Gasteiger partial charge in [0.15, 0.2) is 0 Å². The van der Waals surface area contributed by atoms with Gasteiger partial charge in [0, 0.05) is 0 Å². The van der Waals surface area contributed by atoms with Gasteiger partial charge in [-0.25, -0.2) is 0 Å². The zero-order chi connectivity index (χ0) is 6.41. The van der Waals surface area contributed by atoms with Gasteiger partial charge in [-0.1, -0.05) is 0 Å². The van der Waals surface area contributed by atoms with E-state index in [-0.39, 0.29) is 0 Å². The number of rotatable bonds is 4. The van der Waals surface area contributed by atoms with Crippen LogP contribution in [0.15, 0.2) is 0 Å². The van der Waals surface area contributed by atoms with Gasteiger partial charge in [-0.3, -0.25) is 0 Å². The van der Waals surface area contributed by atoms with Crippen LogP contribution in [0.1, 0.15) is 26.2 Å². The molecule has 0 aromatic heterocycles. The molecule has 0 aliphatic rings. The SMILES string of the molecule is CCCCC[Te](=O)O. The topological polar surface area (TPSA) is 37.3 Å². The Hall–Kier alpha value is 0.550. The predicted molar refractivity (Wildman–Crippen MR) is 33.0 cm³/mol. The summed E-state index contributed by atoms with van der Waals surface area (Å²) in [5, 5.41) is 0. The maximum atomic E-state index is 10.1. The van der Waals surface area contributed by atoms with Gasteiger partial charge in [-0.15, -0.1) is 0 Å². The Kier molecular flexibility index (Phi) is 6.07. The third-order valence-electron chi connectivity index (χ3n) is 0.923. The zero-order valence-electron chi connectivity index (χ0n) is 5.09. The van der Waals surface area contributed by atoms with Crippen LogP contribution in [-0.4, -0.2) is 23.4 Å². The standard InChI is InChI=1S/C5H12O2Te/c1-2-3-4-5-8(6)7/h2-5H2,1H3,(H,6,7). The molecule has 0 radical (unpaired) electrons. The van der Waals surface area contributed by atoms with Gasteiger partial charge in [0.05, 0.1) is 0 Å². The van der Waals surface area contributed by atoms with E-state index in [1.54, 1.807) is 0 Å². The molecule has 0 heterocycles. The molecule has 0 amide bonds. The van der Waals surface area contributed by atoms with Crippen LogP contribution in [0.25, 0.3) is 0 Å². The minimum atomic E-state index is -2.70.